The number of nitrogens with one attached hydrogen (secondary N) is 3. The first-order valence-electron chi connectivity index (χ1n) is 12.2. The molecular formula is C23H29N5O11. The number of aliphatic hydroxyl groups is 3. The van der Waals surface area contributed by atoms with Gasteiger partial charge in [-0.3, -0.25) is 23.9 Å². The first-order chi connectivity index (χ1) is 18.6. The standard InChI is InChI=1S/C23H29N5O11/c1-36-18-16(32)21(28-7-5-14(30)27-23(28)35)39-17(18)13(9-24)38-22-15(31)11(29)8-12(37-22)20(34)26-10-4-2-3-6-25-19(10)33/h5,7-8,10-11,13,15-18,21-22,29,31-32H,2-4,6H2,1H3,(H,25,33)(H,26,34)(H,27,30,35)/t10-,11-,13-,15-,16+,17+,18-,21+,22+/m0/s1. The number of amides is 2. The Labute approximate surface area is 220 Å². The average Bonchev–Trinajstić information content (AvgIpc) is 3.09. The van der Waals surface area contributed by atoms with Gasteiger partial charge in [0, 0.05) is 25.9 Å². The van der Waals surface area contributed by atoms with Crippen molar-refractivity contribution in [2.75, 3.05) is 13.7 Å². The minimum atomic E-state index is -1.74. The van der Waals surface area contributed by atoms with Gasteiger partial charge in [0.1, 0.15) is 36.6 Å². The summed E-state index contributed by atoms with van der Waals surface area (Å²) in [5, 5.41) is 46.5. The SMILES string of the molecule is CO[C@H]1[C@@H](O)[C@H](n2ccc(=O)[nH]c2=O)O[C@@H]1[C@H](C#N)O[C@H]1OC(C(=O)N[C@H]2CCCCNC2=O)=C[C@H](O)[C@@H]1O. The van der Waals surface area contributed by atoms with Gasteiger partial charge in [-0.25, -0.2) is 4.79 Å². The molecule has 3 aliphatic heterocycles. The molecule has 1 aromatic rings. The van der Waals surface area contributed by atoms with Crippen molar-refractivity contribution in [1.29, 1.82) is 5.26 Å². The molecule has 0 spiro atoms. The maximum atomic E-state index is 12.8. The molecule has 0 unspecified atom stereocenters. The highest BCUT2D eigenvalue weighted by molar-refractivity contribution is 5.95. The molecule has 2 saturated heterocycles. The zero-order valence-corrected chi connectivity index (χ0v) is 20.8. The van der Waals surface area contributed by atoms with E-state index in [0.717, 1.165) is 29.3 Å². The van der Waals surface area contributed by atoms with Crippen molar-refractivity contribution in [3.8, 4) is 6.07 Å². The number of H-pyrrole nitrogens is 1. The van der Waals surface area contributed by atoms with Gasteiger partial charge in [-0.2, -0.15) is 5.26 Å². The van der Waals surface area contributed by atoms with E-state index in [-0.39, 0.29) is 5.91 Å². The largest absolute Gasteiger partial charge is 0.456 e. The van der Waals surface area contributed by atoms with Crippen molar-refractivity contribution >= 4 is 11.8 Å². The molecule has 9 atom stereocenters. The van der Waals surface area contributed by atoms with Crippen LogP contribution in [0.4, 0.5) is 0 Å². The fraction of sp³-hybridized carbons (Fsp3) is 0.609. The van der Waals surface area contributed by atoms with Crippen molar-refractivity contribution in [2.24, 2.45) is 0 Å². The highest BCUT2D eigenvalue weighted by Crippen LogP contribution is 2.34. The minimum absolute atomic E-state index is 0.367. The van der Waals surface area contributed by atoms with E-state index in [4.69, 9.17) is 18.9 Å². The van der Waals surface area contributed by atoms with Crippen molar-refractivity contribution in [3.05, 3.63) is 44.9 Å². The zero-order chi connectivity index (χ0) is 28.3. The lowest BCUT2D eigenvalue weighted by Crippen LogP contribution is -2.51. The van der Waals surface area contributed by atoms with E-state index >= 15 is 0 Å². The van der Waals surface area contributed by atoms with Crippen LogP contribution < -0.4 is 21.9 Å². The third kappa shape index (κ3) is 6.03. The number of carbonyl (C=O) groups excluding carboxylic acids is 2. The van der Waals surface area contributed by atoms with Gasteiger partial charge in [0.05, 0.1) is 6.07 Å². The molecule has 0 aliphatic carbocycles. The van der Waals surface area contributed by atoms with Gasteiger partial charge in [0.2, 0.25) is 12.2 Å². The van der Waals surface area contributed by atoms with Crippen LogP contribution in [0, 0.1) is 11.3 Å². The van der Waals surface area contributed by atoms with E-state index in [0.29, 0.717) is 19.4 Å². The smallest absolute Gasteiger partial charge is 0.330 e. The highest BCUT2D eigenvalue weighted by Gasteiger charge is 2.51. The molecule has 0 radical (unpaired) electrons. The summed E-state index contributed by atoms with van der Waals surface area (Å²) in [7, 11) is 1.22. The normalized spacial score (nSPS) is 33.6. The molecule has 0 aromatic carbocycles. The van der Waals surface area contributed by atoms with E-state index in [1.54, 1.807) is 6.07 Å². The number of hydrogen-bond donors (Lipinski definition) is 6. The zero-order valence-electron chi connectivity index (χ0n) is 20.8. The Morgan fingerprint density at radius 1 is 1.26 bits per heavy atom. The first kappa shape index (κ1) is 28.4. The summed E-state index contributed by atoms with van der Waals surface area (Å²) in [5.74, 6) is -1.65. The number of aromatic amines is 1. The molecule has 4 heterocycles. The monoisotopic (exact) mass is 551 g/mol. The second-order valence-corrected chi connectivity index (χ2v) is 9.20. The van der Waals surface area contributed by atoms with E-state index in [2.05, 4.69) is 10.6 Å². The molecule has 0 bridgehead atoms. The minimum Gasteiger partial charge on any atom is -0.456 e. The molecule has 2 fully saturated rings. The molecule has 16 nitrogen and oxygen atoms in total. The number of rotatable bonds is 7. The van der Waals surface area contributed by atoms with Crippen molar-refractivity contribution in [3.63, 3.8) is 0 Å². The van der Waals surface area contributed by atoms with E-state index in [1.165, 1.54) is 7.11 Å². The molecule has 39 heavy (non-hydrogen) atoms. The van der Waals surface area contributed by atoms with Crippen LogP contribution in [0.25, 0.3) is 0 Å². The van der Waals surface area contributed by atoms with E-state index in [1.807, 2.05) is 4.98 Å². The summed E-state index contributed by atoms with van der Waals surface area (Å²) in [6.07, 6.45) is -8.24. The quantitative estimate of drug-likeness (QED) is 0.193. The van der Waals surface area contributed by atoms with Crippen molar-refractivity contribution < 1.29 is 43.9 Å². The molecule has 0 saturated carbocycles. The van der Waals surface area contributed by atoms with Gasteiger partial charge in [0.15, 0.2) is 18.1 Å². The number of nitrogens with zero attached hydrogens (tertiary/aromatic N) is 2. The first-order valence-corrected chi connectivity index (χ1v) is 12.2. The summed E-state index contributed by atoms with van der Waals surface area (Å²) in [6.45, 7) is 0.485. The molecule has 1 aromatic heterocycles. The Bertz CT molecular complexity index is 1260. The second kappa shape index (κ2) is 12.1. The molecule has 2 amide bonds. The lowest BCUT2D eigenvalue weighted by molar-refractivity contribution is -0.234. The maximum absolute atomic E-state index is 12.8. The Balaban J connectivity index is 1.49. The van der Waals surface area contributed by atoms with Crippen molar-refractivity contribution in [2.45, 2.75) is 74.4 Å². The maximum Gasteiger partial charge on any atom is 0.330 e. The van der Waals surface area contributed by atoms with Gasteiger partial charge in [0.25, 0.3) is 11.5 Å². The van der Waals surface area contributed by atoms with Crippen molar-refractivity contribution in [1.82, 2.24) is 20.2 Å². The van der Waals surface area contributed by atoms with Gasteiger partial charge >= 0.3 is 5.69 Å². The van der Waals surface area contributed by atoms with Gasteiger partial charge in [-0.1, -0.05) is 0 Å². The van der Waals surface area contributed by atoms with E-state index < -0.39 is 78.1 Å². The summed E-state index contributed by atoms with van der Waals surface area (Å²) in [6, 6.07) is 2.01. The summed E-state index contributed by atoms with van der Waals surface area (Å²) >= 11 is 0. The lowest BCUT2D eigenvalue weighted by atomic mass is 10.0. The Morgan fingerprint density at radius 2 is 2.03 bits per heavy atom. The second-order valence-electron chi connectivity index (χ2n) is 9.20. The van der Waals surface area contributed by atoms with Crippen LogP contribution in [0.15, 0.2) is 33.7 Å². The molecule has 16 heteroatoms. The fourth-order valence-corrected chi connectivity index (χ4v) is 4.57. The summed E-state index contributed by atoms with van der Waals surface area (Å²) in [4.78, 5) is 50.6. The van der Waals surface area contributed by atoms with Gasteiger partial charge in [-0.05, 0) is 25.3 Å². The average molecular weight is 552 g/mol. The van der Waals surface area contributed by atoms with Crippen LogP contribution >= 0.6 is 0 Å². The van der Waals surface area contributed by atoms with Crippen LogP contribution in [-0.2, 0) is 28.5 Å². The molecular weight excluding hydrogens is 522 g/mol. The number of nitriles is 1. The van der Waals surface area contributed by atoms with E-state index in [9.17, 15) is 39.8 Å². The Kier molecular flexibility index (Phi) is 8.80. The number of aromatic nitrogens is 2. The van der Waals surface area contributed by atoms with Gasteiger partial charge in [-0.15, -0.1) is 0 Å². The molecule has 3 aliphatic rings. The van der Waals surface area contributed by atoms with Crippen LogP contribution in [0.3, 0.4) is 0 Å². The third-order valence-corrected chi connectivity index (χ3v) is 6.61. The number of aliphatic hydroxyl groups excluding tert-OH is 3. The Hall–Kier alpha value is -3.59. The predicted molar refractivity (Wildman–Crippen MR) is 126 cm³/mol. The molecule has 6 N–H and O–H groups in total. The number of carbonyl (C=O) groups is 2. The van der Waals surface area contributed by atoms with Crippen LogP contribution in [0.5, 0.6) is 0 Å². The molecule has 212 valence electrons. The van der Waals surface area contributed by atoms with Crippen LogP contribution in [-0.4, -0.2) is 99.3 Å². The predicted octanol–water partition coefficient (Wildman–Crippen LogP) is -3.53. The van der Waals surface area contributed by atoms with Gasteiger partial charge < -0.3 is 44.9 Å². The fourth-order valence-electron chi connectivity index (χ4n) is 4.57. The topological polar surface area (TPSA) is 234 Å². The molecule has 4 rings (SSSR count). The summed E-state index contributed by atoms with van der Waals surface area (Å²) in [5.41, 5.74) is -1.55. The Morgan fingerprint density at radius 3 is 2.72 bits per heavy atom. The highest BCUT2D eigenvalue weighted by atomic mass is 16.7. The summed E-state index contributed by atoms with van der Waals surface area (Å²) < 4.78 is 22.9. The number of ether oxygens (including phenoxy) is 4. The van der Waals surface area contributed by atoms with Crippen LogP contribution in [0.2, 0.25) is 0 Å². The number of methoxy groups -OCH3 is 1. The third-order valence-electron chi connectivity index (χ3n) is 6.61. The lowest BCUT2D eigenvalue weighted by Gasteiger charge is -2.34. The number of hydrogen-bond acceptors (Lipinski definition) is 12. The van der Waals surface area contributed by atoms with Crippen LogP contribution in [0.1, 0.15) is 25.5 Å².